The number of nitrogens with one attached hydrogen (secondary N) is 1. The molecule has 1 saturated heterocycles. The number of ether oxygens (including phenoxy) is 1. The summed E-state index contributed by atoms with van der Waals surface area (Å²) in [6, 6.07) is 10.8. The zero-order valence-corrected chi connectivity index (χ0v) is 16.9. The first kappa shape index (κ1) is 18.0. The maximum atomic E-state index is 12.2. The van der Waals surface area contributed by atoms with Crippen molar-refractivity contribution in [3.8, 4) is 11.5 Å². The minimum atomic E-state index is -0.265. The van der Waals surface area contributed by atoms with E-state index in [0.717, 1.165) is 10.2 Å². The van der Waals surface area contributed by atoms with Crippen LogP contribution in [0.5, 0.6) is 11.5 Å². The van der Waals surface area contributed by atoms with E-state index in [-0.39, 0.29) is 11.7 Å². The SMILES string of the molecule is COc1cc(Br)c(O)c(/C=C2\SC(=Nc3ccc(Br)cc3)NC2=O)c1. The summed E-state index contributed by atoms with van der Waals surface area (Å²) in [7, 11) is 1.54. The number of phenols is 1. The largest absolute Gasteiger partial charge is 0.506 e. The second-order valence-corrected chi connectivity index (χ2v) is 7.81. The van der Waals surface area contributed by atoms with E-state index in [9.17, 15) is 9.90 Å². The monoisotopic (exact) mass is 482 g/mol. The summed E-state index contributed by atoms with van der Waals surface area (Å²) >= 11 is 7.85. The fourth-order valence-electron chi connectivity index (χ4n) is 2.08. The van der Waals surface area contributed by atoms with Crippen LogP contribution in [0.3, 0.4) is 0 Å². The second kappa shape index (κ2) is 7.63. The van der Waals surface area contributed by atoms with Crippen molar-refractivity contribution in [3.63, 3.8) is 0 Å². The Morgan fingerprint density at radius 2 is 1.96 bits per heavy atom. The van der Waals surface area contributed by atoms with Crippen LogP contribution in [0.25, 0.3) is 6.08 Å². The summed E-state index contributed by atoms with van der Waals surface area (Å²) in [5, 5.41) is 13.4. The van der Waals surface area contributed by atoms with Crippen molar-refractivity contribution in [2.45, 2.75) is 0 Å². The first-order valence-corrected chi connectivity index (χ1v) is 9.48. The highest BCUT2D eigenvalue weighted by Crippen LogP contribution is 2.36. The lowest BCUT2D eigenvalue weighted by Crippen LogP contribution is -2.19. The van der Waals surface area contributed by atoms with E-state index in [4.69, 9.17) is 4.74 Å². The predicted octanol–water partition coefficient (Wildman–Crippen LogP) is 4.82. The van der Waals surface area contributed by atoms with Gasteiger partial charge >= 0.3 is 0 Å². The molecule has 8 heteroatoms. The maximum Gasteiger partial charge on any atom is 0.264 e. The first-order chi connectivity index (χ1) is 12.0. The number of amidine groups is 1. The first-order valence-electron chi connectivity index (χ1n) is 7.08. The summed E-state index contributed by atoms with van der Waals surface area (Å²) in [6.45, 7) is 0. The van der Waals surface area contributed by atoms with Crippen LogP contribution in [-0.4, -0.2) is 23.3 Å². The van der Waals surface area contributed by atoms with Crippen molar-refractivity contribution in [2.75, 3.05) is 7.11 Å². The quantitative estimate of drug-likeness (QED) is 0.614. The molecule has 0 unspecified atom stereocenters. The smallest absolute Gasteiger partial charge is 0.264 e. The van der Waals surface area contributed by atoms with Gasteiger partial charge in [-0.3, -0.25) is 4.79 Å². The van der Waals surface area contributed by atoms with Crippen LogP contribution in [0, 0.1) is 0 Å². The molecule has 5 nitrogen and oxygen atoms in total. The van der Waals surface area contributed by atoms with Crippen molar-refractivity contribution in [1.29, 1.82) is 0 Å². The molecule has 25 heavy (non-hydrogen) atoms. The summed E-state index contributed by atoms with van der Waals surface area (Å²) in [4.78, 5) is 17.0. The van der Waals surface area contributed by atoms with Gasteiger partial charge in [-0.05, 0) is 70.2 Å². The molecule has 2 aromatic carbocycles. The molecule has 128 valence electrons. The van der Waals surface area contributed by atoms with Crippen LogP contribution >= 0.6 is 43.6 Å². The Bertz CT molecular complexity index is 896. The molecular weight excluding hydrogens is 472 g/mol. The number of nitrogens with zero attached hydrogens (tertiary/aromatic N) is 1. The summed E-state index contributed by atoms with van der Waals surface area (Å²) < 4.78 is 6.64. The third-order valence-electron chi connectivity index (χ3n) is 3.30. The Hall–Kier alpha value is -1.77. The molecule has 2 N–H and O–H groups in total. The van der Waals surface area contributed by atoms with E-state index in [0.29, 0.717) is 25.9 Å². The van der Waals surface area contributed by atoms with E-state index in [1.807, 2.05) is 24.3 Å². The fraction of sp³-hybridized carbons (Fsp3) is 0.0588. The number of carbonyl (C=O) groups excluding carboxylic acids is 1. The maximum absolute atomic E-state index is 12.2. The fourth-order valence-corrected chi connectivity index (χ4v) is 3.63. The van der Waals surface area contributed by atoms with E-state index in [1.54, 1.807) is 18.2 Å². The van der Waals surface area contributed by atoms with Gasteiger partial charge in [-0.1, -0.05) is 15.9 Å². The molecular formula is C17H12Br2N2O3S. The predicted molar refractivity (Wildman–Crippen MR) is 107 cm³/mol. The molecule has 1 aliphatic heterocycles. The molecule has 0 radical (unpaired) electrons. The lowest BCUT2D eigenvalue weighted by molar-refractivity contribution is -0.115. The van der Waals surface area contributed by atoms with Gasteiger partial charge in [0, 0.05) is 10.0 Å². The minimum absolute atomic E-state index is 0.0417. The van der Waals surface area contributed by atoms with Crippen molar-refractivity contribution >= 4 is 66.5 Å². The van der Waals surface area contributed by atoms with Gasteiger partial charge in [0.1, 0.15) is 11.5 Å². The van der Waals surface area contributed by atoms with Gasteiger partial charge in [0.15, 0.2) is 5.17 Å². The minimum Gasteiger partial charge on any atom is -0.506 e. The van der Waals surface area contributed by atoms with Gasteiger partial charge in [0.05, 0.1) is 22.2 Å². The van der Waals surface area contributed by atoms with Crippen LogP contribution in [0.4, 0.5) is 5.69 Å². The normalized spacial score (nSPS) is 17.2. The van der Waals surface area contributed by atoms with Crippen LogP contribution in [0.2, 0.25) is 0 Å². The molecule has 1 amide bonds. The van der Waals surface area contributed by atoms with Gasteiger partial charge in [0.25, 0.3) is 5.91 Å². The van der Waals surface area contributed by atoms with E-state index < -0.39 is 0 Å². The lowest BCUT2D eigenvalue weighted by Gasteiger charge is -2.06. The molecule has 0 aromatic heterocycles. The second-order valence-electron chi connectivity index (χ2n) is 5.01. The number of methoxy groups -OCH3 is 1. The summed E-state index contributed by atoms with van der Waals surface area (Å²) in [6.07, 6.45) is 1.60. The Labute approximate surface area is 165 Å². The Kier molecular flexibility index (Phi) is 5.51. The van der Waals surface area contributed by atoms with Crippen molar-refractivity contribution in [1.82, 2.24) is 5.32 Å². The van der Waals surface area contributed by atoms with E-state index in [2.05, 4.69) is 42.2 Å². The number of carbonyl (C=O) groups is 1. The van der Waals surface area contributed by atoms with E-state index in [1.165, 1.54) is 18.9 Å². The highest BCUT2D eigenvalue weighted by Gasteiger charge is 2.24. The van der Waals surface area contributed by atoms with Gasteiger partial charge in [0.2, 0.25) is 0 Å². The van der Waals surface area contributed by atoms with Crippen LogP contribution in [0.1, 0.15) is 5.56 Å². The average molecular weight is 484 g/mol. The number of hydrogen-bond donors (Lipinski definition) is 2. The number of rotatable bonds is 3. The number of halogens is 2. The number of amides is 1. The topological polar surface area (TPSA) is 70.9 Å². The van der Waals surface area contributed by atoms with Crippen LogP contribution in [0.15, 0.2) is 55.2 Å². The Morgan fingerprint density at radius 1 is 1.24 bits per heavy atom. The highest BCUT2D eigenvalue weighted by atomic mass is 79.9. The summed E-state index contributed by atoms with van der Waals surface area (Å²) in [5.41, 5.74) is 1.22. The van der Waals surface area contributed by atoms with Crippen molar-refractivity contribution in [2.24, 2.45) is 4.99 Å². The van der Waals surface area contributed by atoms with Gasteiger partial charge < -0.3 is 15.2 Å². The molecule has 3 rings (SSSR count). The zero-order valence-electron chi connectivity index (χ0n) is 12.9. The summed E-state index contributed by atoms with van der Waals surface area (Å²) in [5.74, 6) is 0.350. The molecule has 0 saturated carbocycles. The Balaban J connectivity index is 1.89. The molecule has 0 spiro atoms. The third-order valence-corrected chi connectivity index (χ3v) is 5.34. The molecule has 0 aliphatic carbocycles. The van der Waals surface area contributed by atoms with Gasteiger partial charge in [-0.2, -0.15) is 0 Å². The highest BCUT2D eigenvalue weighted by molar-refractivity contribution is 9.10. The number of phenolic OH excluding ortho intramolecular Hbond substituents is 1. The van der Waals surface area contributed by atoms with Crippen molar-refractivity contribution in [3.05, 3.63) is 55.8 Å². The molecule has 0 atom stereocenters. The van der Waals surface area contributed by atoms with Crippen LogP contribution in [-0.2, 0) is 4.79 Å². The number of hydrogen-bond acceptors (Lipinski definition) is 5. The average Bonchev–Trinajstić information content (AvgIpc) is 2.93. The van der Waals surface area contributed by atoms with Crippen LogP contribution < -0.4 is 10.1 Å². The standard InChI is InChI=1S/C17H12Br2N2O3S/c1-24-12-6-9(15(22)13(19)8-12)7-14-16(23)21-17(25-14)20-11-4-2-10(18)3-5-11/h2-8,22H,1H3,(H,20,21,23)/b14-7-. The number of aromatic hydroxyl groups is 1. The van der Waals surface area contributed by atoms with Gasteiger partial charge in [-0.15, -0.1) is 0 Å². The number of aliphatic imine (C=N–C) groups is 1. The zero-order chi connectivity index (χ0) is 18.0. The van der Waals surface area contributed by atoms with E-state index >= 15 is 0 Å². The molecule has 1 heterocycles. The number of thioether (sulfide) groups is 1. The molecule has 0 bridgehead atoms. The third kappa shape index (κ3) is 4.26. The Morgan fingerprint density at radius 3 is 2.64 bits per heavy atom. The lowest BCUT2D eigenvalue weighted by atomic mass is 10.1. The molecule has 1 aliphatic rings. The molecule has 1 fully saturated rings. The number of benzene rings is 2. The molecule has 2 aromatic rings. The van der Waals surface area contributed by atoms with Crippen molar-refractivity contribution < 1.29 is 14.6 Å². The van der Waals surface area contributed by atoms with Gasteiger partial charge in [-0.25, -0.2) is 4.99 Å².